The lowest BCUT2D eigenvalue weighted by molar-refractivity contribution is -0.0440. The number of nitrogens with one attached hydrogen (secondary N) is 1. The molecule has 3 rings (SSSR count). The van der Waals surface area contributed by atoms with Crippen LogP contribution in [0.15, 0.2) is 0 Å². The fraction of sp³-hybridized carbons (Fsp3) is 0.824. The zero-order valence-electron chi connectivity index (χ0n) is 13.5. The fourth-order valence-electron chi connectivity index (χ4n) is 3.89. The Labute approximate surface area is 128 Å². The first-order valence-corrected chi connectivity index (χ1v) is 8.57. The first-order chi connectivity index (χ1) is 10.2. The second-order valence-electron chi connectivity index (χ2n) is 6.88. The molecule has 0 unspecified atom stereocenters. The maximum absolute atomic E-state index is 6.03. The minimum Gasteiger partial charge on any atom is -0.376 e. The summed E-state index contributed by atoms with van der Waals surface area (Å²) in [6.45, 7) is 8.24. The Hall–Kier alpha value is -0.870. The van der Waals surface area contributed by atoms with Crippen LogP contribution in [0.1, 0.15) is 55.5 Å². The number of hydrogen-bond donors (Lipinski definition) is 1. The summed E-state index contributed by atoms with van der Waals surface area (Å²) in [4.78, 5) is 2.54. The van der Waals surface area contributed by atoms with Crippen LogP contribution >= 0.6 is 0 Å². The largest absolute Gasteiger partial charge is 0.376 e. The Bertz CT molecular complexity index is 431. The Kier molecular flexibility index (Phi) is 4.96. The molecule has 2 fully saturated rings. The monoisotopic (exact) mass is 291 g/mol. The van der Waals surface area contributed by atoms with Gasteiger partial charge < -0.3 is 4.74 Å². The quantitative estimate of drug-likeness (QED) is 0.926. The molecule has 1 saturated heterocycles. The molecule has 2 heterocycles. The molecule has 1 aliphatic carbocycles. The zero-order valence-corrected chi connectivity index (χ0v) is 13.5. The number of rotatable bonds is 4. The van der Waals surface area contributed by atoms with E-state index in [1.54, 1.807) is 0 Å². The number of aromatic nitrogens is 2. The molecular formula is C17H29N3O. The normalized spacial score (nSPS) is 25.3. The smallest absolute Gasteiger partial charge is 0.0705 e. The van der Waals surface area contributed by atoms with Gasteiger partial charge in [-0.05, 0) is 26.2 Å². The first kappa shape index (κ1) is 15.0. The molecule has 0 aromatic carbocycles. The summed E-state index contributed by atoms with van der Waals surface area (Å²) in [5, 5.41) is 7.41. The number of ether oxygens (including phenoxy) is 1. The van der Waals surface area contributed by atoms with Crippen molar-refractivity contribution in [2.75, 3.05) is 19.7 Å². The van der Waals surface area contributed by atoms with E-state index < -0.39 is 0 Å². The Morgan fingerprint density at radius 2 is 2.05 bits per heavy atom. The number of aryl methyl sites for hydroxylation is 2. The molecule has 4 heteroatoms. The van der Waals surface area contributed by atoms with Crippen LogP contribution in [0.2, 0.25) is 0 Å². The van der Waals surface area contributed by atoms with Crippen LogP contribution in [-0.2, 0) is 11.3 Å². The minimum atomic E-state index is 0.439. The Morgan fingerprint density at radius 1 is 1.24 bits per heavy atom. The standard InChI is InChI=1S/C17H29N3O/c1-13-17(14(2)19-18-13)12-20-8-9-21-16(11-20)10-15-6-4-3-5-7-15/h15-16H,3-12H2,1-2H3,(H,18,19)/t16-/m0/s1. The average Bonchev–Trinajstić information content (AvgIpc) is 2.81. The lowest BCUT2D eigenvalue weighted by Crippen LogP contribution is -2.42. The lowest BCUT2D eigenvalue weighted by Gasteiger charge is -2.35. The summed E-state index contributed by atoms with van der Waals surface area (Å²) in [5.74, 6) is 0.904. The highest BCUT2D eigenvalue weighted by atomic mass is 16.5. The van der Waals surface area contributed by atoms with Gasteiger partial charge in [-0.1, -0.05) is 32.1 Å². The summed E-state index contributed by atoms with van der Waals surface area (Å²) in [7, 11) is 0. The van der Waals surface area contributed by atoms with E-state index in [1.807, 2.05) is 0 Å². The molecule has 0 radical (unpaired) electrons. The third-order valence-corrected chi connectivity index (χ3v) is 5.21. The summed E-state index contributed by atoms with van der Waals surface area (Å²) < 4.78 is 6.03. The van der Waals surface area contributed by atoms with Gasteiger partial charge in [0.25, 0.3) is 0 Å². The van der Waals surface area contributed by atoms with Gasteiger partial charge in [0.15, 0.2) is 0 Å². The van der Waals surface area contributed by atoms with Crippen LogP contribution in [0, 0.1) is 19.8 Å². The molecule has 2 aliphatic rings. The molecule has 1 N–H and O–H groups in total. The topological polar surface area (TPSA) is 41.2 Å². The maximum Gasteiger partial charge on any atom is 0.0705 e. The lowest BCUT2D eigenvalue weighted by atomic mass is 9.85. The highest BCUT2D eigenvalue weighted by molar-refractivity contribution is 5.22. The minimum absolute atomic E-state index is 0.439. The molecule has 1 atom stereocenters. The van der Waals surface area contributed by atoms with Crippen molar-refractivity contribution in [3.8, 4) is 0 Å². The SMILES string of the molecule is Cc1n[nH]c(C)c1CN1CCO[C@@H](CC2CCCCC2)C1. The molecule has 0 bridgehead atoms. The molecule has 1 aromatic rings. The Balaban J connectivity index is 1.53. The van der Waals surface area contributed by atoms with Crippen LogP contribution in [-0.4, -0.2) is 40.9 Å². The maximum atomic E-state index is 6.03. The van der Waals surface area contributed by atoms with Crippen molar-refractivity contribution >= 4 is 0 Å². The predicted molar refractivity (Wildman–Crippen MR) is 84.3 cm³/mol. The van der Waals surface area contributed by atoms with E-state index in [1.165, 1.54) is 49.8 Å². The van der Waals surface area contributed by atoms with Crippen molar-refractivity contribution in [2.24, 2.45) is 5.92 Å². The van der Waals surface area contributed by atoms with Crippen molar-refractivity contribution in [3.63, 3.8) is 0 Å². The second-order valence-corrected chi connectivity index (χ2v) is 6.88. The van der Waals surface area contributed by atoms with Gasteiger partial charge >= 0.3 is 0 Å². The van der Waals surface area contributed by atoms with Crippen LogP contribution in [0.5, 0.6) is 0 Å². The number of morpholine rings is 1. The number of hydrogen-bond acceptors (Lipinski definition) is 3. The van der Waals surface area contributed by atoms with E-state index in [9.17, 15) is 0 Å². The fourth-order valence-corrected chi connectivity index (χ4v) is 3.89. The average molecular weight is 291 g/mol. The van der Waals surface area contributed by atoms with E-state index in [4.69, 9.17) is 4.74 Å². The molecule has 118 valence electrons. The highest BCUT2D eigenvalue weighted by Gasteiger charge is 2.25. The molecule has 21 heavy (non-hydrogen) atoms. The van der Waals surface area contributed by atoms with Gasteiger partial charge in [-0.3, -0.25) is 10.00 Å². The van der Waals surface area contributed by atoms with Gasteiger partial charge in [-0.15, -0.1) is 0 Å². The van der Waals surface area contributed by atoms with Crippen LogP contribution in [0.25, 0.3) is 0 Å². The molecule has 1 aromatic heterocycles. The summed E-state index contributed by atoms with van der Waals surface area (Å²) in [6.07, 6.45) is 8.82. The first-order valence-electron chi connectivity index (χ1n) is 8.57. The van der Waals surface area contributed by atoms with E-state index in [0.717, 1.165) is 37.9 Å². The number of aromatic amines is 1. The van der Waals surface area contributed by atoms with Gasteiger partial charge in [-0.2, -0.15) is 5.10 Å². The third-order valence-electron chi connectivity index (χ3n) is 5.21. The van der Waals surface area contributed by atoms with Gasteiger partial charge in [0, 0.05) is 30.9 Å². The third kappa shape index (κ3) is 3.86. The van der Waals surface area contributed by atoms with Gasteiger partial charge in [0.2, 0.25) is 0 Å². The van der Waals surface area contributed by atoms with E-state index in [0.29, 0.717) is 6.10 Å². The Morgan fingerprint density at radius 3 is 2.76 bits per heavy atom. The van der Waals surface area contributed by atoms with Gasteiger partial charge in [-0.25, -0.2) is 0 Å². The van der Waals surface area contributed by atoms with Gasteiger partial charge in [0.1, 0.15) is 0 Å². The summed E-state index contributed by atoms with van der Waals surface area (Å²) in [5.41, 5.74) is 3.72. The van der Waals surface area contributed by atoms with Crippen LogP contribution < -0.4 is 0 Å². The van der Waals surface area contributed by atoms with Crippen molar-refractivity contribution < 1.29 is 4.74 Å². The summed E-state index contributed by atoms with van der Waals surface area (Å²) >= 11 is 0. The molecule has 0 amide bonds. The summed E-state index contributed by atoms with van der Waals surface area (Å²) in [6, 6.07) is 0. The van der Waals surface area contributed by atoms with Crippen LogP contribution in [0.3, 0.4) is 0 Å². The molecule has 4 nitrogen and oxygen atoms in total. The predicted octanol–water partition coefficient (Wildman–Crippen LogP) is 3.20. The molecule has 1 aliphatic heterocycles. The van der Waals surface area contributed by atoms with Crippen molar-refractivity contribution in [1.29, 1.82) is 0 Å². The number of nitrogens with zero attached hydrogens (tertiary/aromatic N) is 2. The van der Waals surface area contributed by atoms with Gasteiger partial charge in [0.05, 0.1) is 18.4 Å². The molecule has 1 saturated carbocycles. The van der Waals surface area contributed by atoms with Crippen molar-refractivity contribution in [1.82, 2.24) is 15.1 Å². The van der Waals surface area contributed by atoms with E-state index in [2.05, 4.69) is 28.9 Å². The van der Waals surface area contributed by atoms with Crippen LogP contribution in [0.4, 0.5) is 0 Å². The second kappa shape index (κ2) is 6.93. The highest BCUT2D eigenvalue weighted by Crippen LogP contribution is 2.29. The van der Waals surface area contributed by atoms with Crippen molar-refractivity contribution in [3.05, 3.63) is 17.0 Å². The molecule has 0 spiro atoms. The zero-order chi connectivity index (χ0) is 14.7. The number of H-pyrrole nitrogens is 1. The van der Waals surface area contributed by atoms with E-state index >= 15 is 0 Å². The molecular weight excluding hydrogens is 262 g/mol. The van der Waals surface area contributed by atoms with Crippen molar-refractivity contribution in [2.45, 2.75) is 65.0 Å². The van der Waals surface area contributed by atoms with E-state index in [-0.39, 0.29) is 0 Å².